The molecule has 5 N–H and O–H groups in total. The normalized spacial score (nSPS) is 15.3. The van der Waals surface area contributed by atoms with Crippen molar-refractivity contribution in [2.45, 2.75) is 31.5 Å². The van der Waals surface area contributed by atoms with Crippen LogP contribution in [0.3, 0.4) is 0 Å². The van der Waals surface area contributed by atoms with E-state index in [0.29, 0.717) is 16.8 Å². The first-order chi connectivity index (χ1) is 13.7. The van der Waals surface area contributed by atoms with Gasteiger partial charge in [-0.2, -0.15) is 13.2 Å². The second-order valence-electron chi connectivity index (χ2n) is 5.73. The first-order valence-corrected chi connectivity index (χ1v) is 9.51. The van der Waals surface area contributed by atoms with E-state index in [4.69, 9.17) is 16.4 Å². The Bertz CT molecular complexity index is 710. The fourth-order valence-corrected chi connectivity index (χ4v) is 3.15. The topological polar surface area (TPSA) is 79.2 Å². The number of nitrogens with one attached hydrogen (secondary N) is 3. The monoisotopic (exact) mass is 456 g/mol. The number of aryl methyl sites for hydroxylation is 1. The van der Waals surface area contributed by atoms with Gasteiger partial charge in [0, 0.05) is 25.4 Å². The Balaban J connectivity index is 0.00000184. The summed E-state index contributed by atoms with van der Waals surface area (Å²) >= 11 is 6.97. The summed E-state index contributed by atoms with van der Waals surface area (Å²) in [5.41, 5.74) is 4.21. The van der Waals surface area contributed by atoms with E-state index in [1.807, 2.05) is 6.79 Å². The number of carbonyl (C=O) groups excluding carboxylic acids is 1. The average Bonchev–Trinajstić information content (AvgIpc) is 3.48. The van der Waals surface area contributed by atoms with Crippen molar-refractivity contribution in [1.29, 1.82) is 0 Å². The van der Waals surface area contributed by atoms with Gasteiger partial charge in [-0.3, -0.25) is 0 Å². The molecule has 2 rings (SSSR count). The predicted molar refractivity (Wildman–Crippen MR) is 111 cm³/mol. The summed E-state index contributed by atoms with van der Waals surface area (Å²) in [6, 6.07) is 4.52. The number of hydrogen-bond donors (Lipinski definition) is 4. The quantitative estimate of drug-likeness (QED) is 0.282. The van der Waals surface area contributed by atoms with Crippen LogP contribution in [-0.2, 0) is 4.79 Å². The number of hydrogen-bond acceptors (Lipinski definition) is 6. The van der Waals surface area contributed by atoms with Crippen LogP contribution in [0.4, 0.5) is 17.6 Å². The molecule has 0 amide bonds. The molecule has 1 aromatic rings. The summed E-state index contributed by atoms with van der Waals surface area (Å²) in [4.78, 5) is 8.00. The Morgan fingerprint density at radius 1 is 1.31 bits per heavy atom. The Kier molecular flexibility index (Phi) is 12.0. The lowest BCUT2D eigenvalue weighted by molar-refractivity contribution is -0.160. The summed E-state index contributed by atoms with van der Waals surface area (Å²) in [5.74, 6) is -0.320. The van der Waals surface area contributed by atoms with Crippen molar-refractivity contribution in [3.63, 3.8) is 0 Å². The van der Waals surface area contributed by atoms with Crippen LogP contribution < -0.4 is 20.5 Å². The van der Waals surface area contributed by atoms with Crippen molar-refractivity contribution in [3.8, 4) is 0 Å². The van der Waals surface area contributed by atoms with E-state index < -0.39 is 11.7 Å². The van der Waals surface area contributed by atoms with Crippen molar-refractivity contribution >= 4 is 36.6 Å². The lowest BCUT2D eigenvalue weighted by Gasteiger charge is -2.20. The smallest absolute Gasteiger partial charge is 0.392 e. The van der Waals surface area contributed by atoms with Crippen LogP contribution in [0.25, 0.3) is 6.08 Å². The van der Waals surface area contributed by atoms with Crippen LogP contribution in [0.1, 0.15) is 24.0 Å². The number of nitrogens with two attached hydrogens (primary N) is 1. The Morgan fingerprint density at radius 2 is 1.90 bits per heavy atom. The third kappa shape index (κ3) is 8.25. The molecule has 11 heteroatoms. The highest BCUT2D eigenvalue weighted by Crippen LogP contribution is 2.49. The van der Waals surface area contributed by atoms with Crippen LogP contribution >= 0.6 is 23.7 Å². The minimum Gasteiger partial charge on any atom is -0.392 e. The van der Waals surface area contributed by atoms with Crippen LogP contribution in [0.15, 0.2) is 35.1 Å². The summed E-state index contributed by atoms with van der Waals surface area (Å²) in [7, 11) is 3.14. The first-order valence-electron chi connectivity index (χ1n) is 8.32. The Labute approximate surface area is 177 Å². The zero-order chi connectivity index (χ0) is 22.7. The third-order valence-corrected chi connectivity index (χ3v) is 4.85. The number of allylic oxidation sites excluding steroid dienone is 1. The van der Waals surface area contributed by atoms with Gasteiger partial charge in [0.2, 0.25) is 0 Å². The molecule has 1 aromatic carbocycles. The van der Waals surface area contributed by atoms with Gasteiger partial charge in [0.25, 0.3) is 0 Å². The maximum absolute atomic E-state index is 13.3. The molecule has 0 heterocycles. The van der Waals surface area contributed by atoms with E-state index in [0.717, 1.165) is 12.1 Å². The zero-order valence-corrected chi connectivity index (χ0v) is 17.9. The van der Waals surface area contributed by atoms with Crippen molar-refractivity contribution in [2.24, 2.45) is 5.73 Å². The molecule has 0 radical (unpaired) electrons. The van der Waals surface area contributed by atoms with Gasteiger partial charge in [-0.15, -0.1) is 0 Å². The minimum absolute atomic E-state index is 0.0503. The van der Waals surface area contributed by atoms with Gasteiger partial charge in [0.05, 0.1) is 10.7 Å². The highest BCUT2D eigenvalue weighted by atomic mass is 35.5. The zero-order valence-electron chi connectivity index (χ0n) is 16.3. The van der Waals surface area contributed by atoms with Gasteiger partial charge in [-0.05, 0) is 56.1 Å². The molecular weight excluding hydrogens is 432 g/mol. The molecule has 5 nitrogen and oxygen atoms in total. The molecular formula is C18H25ClF4N4OS. The number of alkyl halides is 3. The van der Waals surface area contributed by atoms with Crippen molar-refractivity contribution in [3.05, 3.63) is 52.1 Å². The molecule has 0 atom stereocenters. The second kappa shape index (κ2) is 12.7. The average molecular weight is 457 g/mol. The van der Waals surface area contributed by atoms with Crippen LogP contribution in [0.5, 0.6) is 0 Å². The molecule has 0 unspecified atom stereocenters. The van der Waals surface area contributed by atoms with Crippen LogP contribution in [0.2, 0.25) is 0 Å². The van der Waals surface area contributed by atoms with Gasteiger partial charge in [-0.25, -0.2) is 9.11 Å². The van der Waals surface area contributed by atoms with Crippen molar-refractivity contribution in [1.82, 2.24) is 14.8 Å². The fourth-order valence-electron chi connectivity index (χ4n) is 2.02. The molecule has 0 spiro atoms. The molecule has 1 aliphatic carbocycles. The lowest BCUT2D eigenvalue weighted by Crippen LogP contribution is -2.42. The van der Waals surface area contributed by atoms with E-state index in [-0.39, 0.29) is 23.7 Å². The Hall–Kier alpha value is -1.75. The van der Waals surface area contributed by atoms with Gasteiger partial charge in [0.15, 0.2) is 0 Å². The fraction of sp³-hybridized carbons (Fsp3) is 0.389. The SMILES string of the molecule is C=O.CN.CN/C=C(NSNC1(C(F)(F)F)CC1)\C(Cl)=C\c1ccc(F)c(C)c1. The summed E-state index contributed by atoms with van der Waals surface area (Å²) in [5, 5.41) is 3.05. The largest absolute Gasteiger partial charge is 0.407 e. The molecule has 1 aliphatic rings. The molecule has 164 valence electrons. The maximum atomic E-state index is 13.3. The van der Waals surface area contributed by atoms with Crippen LogP contribution in [-0.4, -0.2) is 32.6 Å². The second-order valence-corrected chi connectivity index (χ2v) is 6.75. The molecule has 0 bridgehead atoms. The maximum Gasteiger partial charge on any atom is 0.407 e. The van der Waals surface area contributed by atoms with E-state index in [1.165, 1.54) is 19.3 Å². The summed E-state index contributed by atoms with van der Waals surface area (Å²) in [6.45, 7) is 3.63. The Morgan fingerprint density at radius 3 is 2.34 bits per heavy atom. The standard InChI is InChI=1S/C16H18ClF4N3S.CH5N.CH2O/c1-10-7-11(3-4-13(10)18)8-12(17)14(9-22-2)23-25-24-15(5-6-15)16(19,20)21;2*1-2/h3-4,7-9,22-24H,5-6H2,1-2H3;2H2,1H3;1H2/b12-8-,14-9+;;. The van der Waals surface area contributed by atoms with Crippen LogP contribution in [0, 0.1) is 12.7 Å². The number of rotatable bonds is 7. The third-order valence-electron chi connectivity index (χ3n) is 3.72. The summed E-state index contributed by atoms with van der Waals surface area (Å²) in [6.07, 6.45) is -1.07. The highest BCUT2D eigenvalue weighted by Gasteiger charge is 2.63. The number of carbonyl (C=O) groups is 1. The number of benzene rings is 1. The first kappa shape index (κ1) is 27.2. The highest BCUT2D eigenvalue weighted by molar-refractivity contribution is 7.95. The van der Waals surface area contributed by atoms with E-state index in [9.17, 15) is 17.6 Å². The molecule has 0 saturated heterocycles. The van der Waals surface area contributed by atoms with Gasteiger partial charge in [0.1, 0.15) is 18.1 Å². The van der Waals surface area contributed by atoms with Gasteiger partial charge in [-0.1, -0.05) is 17.7 Å². The van der Waals surface area contributed by atoms with E-state index >= 15 is 0 Å². The van der Waals surface area contributed by atoms with Gasteiger partial charge >= 0.3 is 6.18 Å². The number of halogens is 5. The molecule has 29 heavy (non-hydrogen) atoms. The summed E-state index contributed by atoms with van der Waals surface area (Å²) < 4.78 is 57.1. The molecule has 0 aliphatic heterocycles. The predicted octanol–water partition coefficient (Wildman–Crippen LogP) is 4.00. The van der Waals surface area contributed by atoms with Crippen molar-refractivity contribution in [2.75, 3.05) is 14.1 Å². The minimum atomic E-state index is -4.29. The lowest BCUT2D eigenvalue weighted by atomic mass is 10.1. The van der Waals surface area contributed by atoms with Crippen molar-refractivity contribution < 1.29 is 22.4 Å². The molecule has 1 fully saturated rings. The molecule has 0 aromatic heterocycles. The van der Waals surface area contributed by atoms with E-state index in [1.54, 1.807) is 32.2 Å². The molecule has 1 saturated carbocycles. The van der Waals surface area contributed by atoms with E-state index in [2.05, 4.69) is 20.5 Å². The van der Waals surface area contributed by atoms with Gasteiger partial charge < -0.3 is 20.6 Å².